The number of benzene rings is 1. The predicted molar refractivity (Wildman–Crippen MR) is 93.8 cm³/mol. The number of hydrogen-bond donors (Lipinski definition) is 1. The molecule has 0 aliphatic carbocycles. The zero-order valence-corrected chi connectivity index (χ0v) is 15.3. The van der Waals surface area contributed by atoms with E-state index in [1.165, 1.54) is 19.2 Å². The van der Waals surface area contributed by atoms with Crippen molar-refractivity contribution in [3.63, 3.8) is 0 Å². The minimum Gasteiger partial charge on any atom is -0.497 e. The highest BCUT2D eigenvalue weighted by atomic mass is 32.2. The second-order valence-corrected chi connectivity index (χ2v) is 8.40. The maximum absolute atomic E-state index is 12.7. The number of rotatable bonds is 4. The van der Waals surface area contributed by atoms with Crippen LogP contribution in [0.1, 0.15) is 29.4 Å². The van der Waals surface area contributed by atoms with Gasteiger partial charge in [0, 0.05) is 18.9 Å². The molecule has 8 heteroatoms. The van der Waals surface area contributed by atoms with Crippen LogP contribution in [0, 0.1) is 5.92 Å². The number of carbonyl (C=O) groups is 1. The first-order valence-corrected chi connectivity index (χ1v) is 9.93. The van der Waals surface area contributed by atoms with E-state index in [1.807, 2.05) is 4.68 Å². The second-order valence-electron chi connectivity index (χ2n) is 6.41. The van der Waals surface area contributed by atoms with Gasteiger partial charge in [0.25, 0.3) is 5.91 Å². The molecule has 2 aromatic rings. The largest absolute Gasteiger partial charge is 0.497 e. The fraction of sp³-hybridized carbons (Fsp3) is 0.412. The Bertz CT molecular complexity index is 918. The van der Waals surface area contributed by atoms with Crippen LogP contribution in [0.25, 0.3) is 0 Å². The summed E-state index contributed by atoms with van der Waals surface area (Å²) in [5.74, 6) is 0.545. The zero-order valence-electron chi connectivity index (χ0n) is 14.4. The average molecular weight is 363 g/mol. The van der Waals surface area contributed by atoms with E-state index in [-0.39, 0.29) is 16.5 Å². The molecule has 0 saturated carbocycles. The summed E-state index contributed by atoms with van der Waals surface area (Å²) in [6.07, 6.45) is 4.46. The standard InChI is InChI=1S/C17H21N3O4S/c1-11-6-7-20-15(8-11)13(10-18-20)17(21)19-14-5-4-12(24-2)9-16(14)25(3,22)23/h4-5,9-11H,6-8H2,1-3H3,(H,19,21). The molecule has 134 valence electrons. The van der Waals surface area contributed by atoms with Gasteiger partial charge in [0.1, 0.15) is 5.75 Å². The molecule has 1 atom stereocenters. The lowest BCUT2D eigenvalue weighted by molar-refractivity contribution is 0.102. The number of anilines is 1. The Morgan fingerprint density at radius 3 is 2.84 bits per heavy atom. The predicted octanol–water partition coefficient (Wildman–Crippen LogP) is 2.13. The van der Waals surface area contributed by atoms with Crippen molar-refractivity contribution in [1.82, 2.24) is 9.78 Å². The summed E-state index contributed by atoms with van der Waals surface area (Å²) in [5.41, 5.74) is 1.62. The molecule has 1 aromatic carbocycles. The van der Waals surface area contributed by atoms with Gasteiger partial charge in [0.05, 0.1) is 35.1 Å². The highest BCUT2D eigenvalue weighted by Crippen LogP contribution is 2.28. The molecule has 1 N–H and O–H groups in total. The summed E-state index contributed by atoms with van der Waals surface area (Å²) >= 11 is 0. The number of carbonyl (C=O) groups excluding carboxylic acids is 1. The zero-order chi connectivity index (χ0) is 18.2. The van der Waals surface area contributed by atoms with E-state index in [0.29, 0.717) is 17.2 Å². The van der Waals surface area contributed by atoms with Crippen LogP contribution in [0.15, 0.2) is 29.3 Å². The van der Waals surface area contributed by atoms with E-state index in [9.17, 15) is 13.2 Å². The van der Waals surface area contributed by atoms with Crippen molar-refractivity contribution >= 4 is 21.4 Å². The van der Waals surface area contributed by atoms with Gasteiger partial charge in [-0.25, -0.2) is 8.42 Å². The third-order valence-electron chi connectivity index (χ3n) is 4.41. The number of sulfone groups is 1. The molecular weight excluding hydrogens is 342 g/mol. The fourth-order valence-corrected chi connectivity index (χ4v) is 3.86. The number of amides is 1. The van der Waals surface area contributed by atoms with Gasteiger partial charge in [0.15, 0.2) is 9.84 Å². The minimum atomic E-state index is -3.52. The SMILES string of the molecule is COc1ccc(NC(=O)c2cnn3c2CC(C)CC3)c(S(C)(=O)=O)c1. The Morgan fingerprint density at radius 1 is 1.40 bits per heavy atom. The van der Waals surface area contributed by atoms with Crippen LogP contribution in [0.3, 0.4) is 0 Å². The van der Waals surface area contributed by atoms with Crippen molar-refractivity contribution in [2.45, 2.75) is 31.2 Å². The van der Waals surface area contributed by atoms with Crippen molar-refractivity contribution < 1.29 is 17.9 Å². The average Bonchev–Trinajstić information content (AvgIpc) is 2.97. The first kappa shape index (κ1) is 17.5. The van der Waals surface area contributed by atoms with Crippen molar-refractivity contribution in [3.05, 3.63) is 35.7 Å². The first-order valence-electron chi connectivity index (χ1n) is 8.03. The maximum Gasteiger partial charge on any atom is 0.259 e. The second kappa shape index (κ2) is 6.51. The maximum atomic E-state index is 12.7. The summed E-state index contributed by atoms with van der Waals surface area (Å²) in [6.45, 7) is 2.93. The van der Waals surface area contributed by atoms with E-state index < -0.39 is 9.84 Å². The number of aromatic nitrogens is 2. The van der Waals surface area contributed by atoms with Crippen LogP contribution in [0.2, 0.25) is 0 Å². The molecule has 7 nitrogen and oxygen atoms in total. The Hall–Kier alpha value is -2.35. The summed E-state index contributed by atoms with van der Waals surface area (Å²) in [6, 6.07) is 4.55. The number of nitrogens with zero attached hydrogens (tertiary/aromatic N) is 2. The van der Waals surface area contributed by atoms with Crippen LogP contribution in [-0.4, -0.2) is 37.5 Å². The topological polar surface area (TPSA) is 90.3 Å². The van der Waals surface area contributed by atoms with Crippen molar-refractivity contribution in [2.75, 3.05) is 18.7 Å². The van der Waals surface area contributed by atoms with E-state index in [2.05, 4.69) is 17.3 Å². The lowest BCUT2D eigenvalue weighted by Gasteiger charge is -2.20. The number of aryl methyl sites for hydroxylation is 1. The Kier molecular flexibility index (Phi) is 4.55. The monoisotopic (exact) mass is 363 g/mol. The molecule has 0 saturated heterocycles. The van der Waals surface area contributed by atoms with Gasteiger partial charge in [-0.15, -0.1) is 0 Å². The molecule has 0 spiro atoms. The van der Waals surface area contributed by atoms with Crippen LogP contribution < -0.4 is 10.1 Å². The molecule has 3 rings (SSSR count). The molecule has 2 heterocycles. The normalized spacial score (nSPS) is 17.0. The molecule has 0 radical (unpaired) electrons. The number of nitrogens with one attached hydrogen (secondary N) is 1. The lowest BCUT2D eigenvalue weighted by atomic mass is 9.96. The summed E-state index contributed by atoms with van der Waals surface area (Å²) in [7, 11) is -2.06. The van der Waals surface area contributed by atoms with Gasteiger partial charge in [-0.1, -0.05) is 6.92 Å². The van der Waals surface area contributed by atoms with Gasteiger partial charge in [-0.05, 0) is 30.9 Å². The van der Waals surface area contributed by atoms with Crippen molar-refractivity contribution in [1.29, 1.82) is 0 Å². The lowest BCUT2D eigenvalue weighted by Crippen LogP contribution is -2.22. The Morgan fingerprint density at radius 2 is 2.16 bits per heavy atom. The molecule has 1 unspecified atom stereocenters. The third kappa shape index (κ3) is 3.53. The molecule has 1 amide bonds. The first-order chi connectivity index (χ1) is 11.8. The van der Waals surface area contributed by atoms with E-state index in [0.717, 1.165) is 31.3 Å². The number of hydrogen-bond acceptors (Lipinski definition) is 5. The van der Waals surface area contributed by atoms with Gasteiger partial charge < -0.3 is 10.1 Å². The van der Waals surface area contributed by atoms with Gasteiger partial charge in [-0.2, -0.15) is 5.10 Å². The van der Waals surface area contributed by atoms with Crippen LogP contribution in [0.4, 0.5) is 5.69 Å². The van der Waals surface area contributed by atoms with Gasteiger partial charge in [0.2, 0.25) is 0 Å². The number of ether oxygens (including phenoxy) is 1. The smallest absolute Gasteiger partial charge is 0.259 e. The molecule has 1 aliphatic rings. The van der Waals surface area contributed by atoms with E-state index in [4.69, 9.17) is 4.74 Å². The van der Waals surface area contributed by atoms with Crippen LogP contribution >= 0.6 is 0 Å². The molecule has 25 heavy (non-hydrogen) atoms. The van der Waals surface area contributed by atoms with Crippen molar-refractivity contribution in [2.24, 2.45) is 5.92 Å². The third-order valence-corrected chi connectivity index (χ3v) is 5.54. The van der Waals surface area contributed by atoms with Gasteiger partial charge in [-0.3, -0.25) is 9.48 Å². The Balaban J connectivity index is 1.93. The highest BCUT2D eigenvalue weighted by molar-refractivity contribution is 7.90. The molecule has 0 bridgehead atoms. The molecular formula is C17H21N3O4S. The van der Waals surface area contributed by atoms with Crippen molar-refractivity contribution in [3.8, 4) is 5.75 Å². The quantitative estimate of drug-likeness (QED) is 0.899. The molecule has 0 fully saturated rings. The van der Waals surface area contributed by atoms with Gasteiger partial charge >= 0.3 is 0 Å². The molecule has 1 aliphatic heterocycles. The Labute approximate surface area is 146 Å². The van der Waals surface area contributed by atoms with Crippen LogP contribution in [-0.2, 0) is 22.8 Å². The summed E-state index contributed by atoms with van der Waals surface area (Å²) < 4.78 is 31.0. The summed E-state index contributed by atoms with van der Waals surface area (Å²) in [5, 5.41) is 6.98. The fourth-order valence-electron chi connectivity index (χ4n) is 3.01. The number of fused-ring (bicyclic) bond motifs is 1. The minimum absolute atomic E-state index is 0.0228. The van der Waals surface area contributed by atoms with E-state index in [1.54, 1.807) is 12.3 Å². The van der Waals surface area contributed by atoms with Crippen LogP contribution in [0.5, 0.6) is 5.75 Å². The highest BCUT2D eigenvalue weighted by Gasteiger charge is 2.24. The van der Waals surface area contributed by atoms with E-state index >= 15 is 0 Å². The summed E-state index contributed by atoms with van der Waals surface area (Å²) in [4.78, 5) is 12.7. The molecule has 1 aromatic heterocycles. The number of methoxy groups -OCH3 is 1.